The maximum Gasteiger partial charge on any atom is 0.273 e. The Labute approximate surface area is 119 Å². The van der Waals surface area contributed by atoms with Crippen LogP contribution in [-0.2, 0) is 10.0 Å². The Kier molecular flexibility index (Phi) is 3.89. The normalized spacial score (nSPS) is 11.5. The van der Waals surface area contributed by atoms with Crippen LogP contribution in [-0.4, -0.2) is 13.4 Å². The van der Waals surface area contributed by atoms with E-state index in [0.717, 1.165) is 17.0 Å². The van der Waals surface area contributed by atoms with Gasteiger partial charge in [0, 0.05) is 5.38 Å². The number of thiazole rings is 1. The number of nitriles is 1. The molecule has 0 fully saturated rings. The molecule has 100 valence electrons. The molecule has 0 unspecified atom stereocenters. The van der Waals surface area contributed by atoms with Crippen LogP contribution in [0.3, 0.4) is 0 Å². The molecule has 1 N–H and O–H groups in total. The maximum atomic E-state index is 12.1. The zero-order valence-corrected chi connectivity index (χ0v) is 12.7. The molecule has 19 heavy (non-hydrogen) atoms. The molecule has 0 bridgehead atoms. The van der Waals surface area contributed by atoms with Crippen molar-refractivity contribution in [1.82, 2.24) is 4.98 Å². The van der Waals surface area contributed by atoms with Crippen LogP contribution >= 0.6 is 22.7 Å². The molecule has 0 saturated heterocycles. The minimum absolute atomic E-state index is 0.116. The van der Waals surface area contributed by atoms with Gasteiger partial charge in [-0.2, -0.15) is 5.26 Å². The number of anilines is 1. The van der Waals surface area contributed by atoms with Gasteiger partial charge in [0.25, 0.3) is 10.0 Å². The van der Waals surface area contributed by atoms with Gasteiger partial charge in [-0.15, -0.1) is 22.7 Å². The molecule has 0 atom stereocenters. The molecule has 0 amide bonds. The highest BCUT2D eigenvalue weighted by molar-refractivity contribution is 7.94. The number of hydrogen-bond acceptors (Lipinski definition) is 6. The molecule has 0 aliphatic heterocycles. The minimum Gasteiger partial charge on any atom is -0.254 e. The summed E-state index contributed by atoms with van der Waals surface area (Å²) in [5.74, 6) is 0.251. The van der Waals surface area contributed by atoms with Crippen molar-refractivity contribution in [1.29, 1.82) is 5.26 Å². The first-order valence-electron chi connectivity index (χ1n) is 5.40. The number of nitrogens with one attached hydrogen (secondary N) is 1. The van der Waals surface area contributed by atoms with Crippen LogP contribution in [0.5, 0.6) is 0 Å². The number of aromatic nitrogens is 1. The molecular formula is C11H11N3O2S3. The summed E-state index contributed by atoms with van der Waals surface area (Å²) in [5, 5.41) is 10.9. The van der Waals surface area contributed by atoms with Crippen molar-refractivity contribution in [2.45, 2.75) is 24.0 Å². The van der Waals surface area contributed by atoms with Gasteiger partial charge in [-0.3, -0.25) is 4.72 Å². The van der Waals surface area contributed by atoms with Crippen molar-refractivity contribution in [3.63, 3.8) is 0 Å². The Bertz CT molecular complexity index is 722. The summed E-state index contributed by atoms with van der Waals surface area (Å²) in [6.45, 7) is 3.98. The van der Waals surface area contributed by atoms with Gasteiger partial charge in [-0.25, -0.2) is 13.4 Å². The van der Waals surface area contributed by atoms with E-state index in [1.807, 2.05) is 25.3 Å². The van der Waals surface area contributed by atoms with Crippen molar-refractivity contribution >= 4 is 37.8 Å². The summed E-state index contributed by atoms with van der Waals surface area (Å²) < 4.78 is 26.7. The first-order chi connectivity index (χ1) is 8.92. The second kappa shape index (κ2) is 5.28. The Balaban J connectivity index is 2.23. The first kappa shape index (κ1) is 14.0. The fourth-order valence-electron chi connectivity index (χ4n) is 1.29. The number of hydrogen-bond donors (Lipinski definition) is 1. The number of sulfonamides is 1. The molecule has 5 nitrogen and oxygen atoms in total. The SMILES string of the molecule is CC(C)c1csc(NS(=O)(=O)c2ccc(C#N)s2)n1. The van der Waals surface area contributed by atoms with Crippen molar-refractivity contribution in [3.05, 3.63) is 28.1 Å². The molecule has 8 heteroatoms. The third-order valence-corrected chi connectivity index (χ3v) is 6.02. The zero-order valence-electron chi connectivity index (χ0n) is 10.2. The van der Waals surface area contributed by atoms with E-state index in [1.165, 1.54) is 23.5 Å². The fourth-order valence-corrected chi connectivity index (χ4v) is 4.52. The van der Waals surface area contributed by atoms with Crippen molar-refractivity contribution < 1.29 is 8.42 Å². The van der Waals surface area contributed by atoms with E-state index in [1.54, 1.807) is 0 Å². The van der Waals surface area contributed by atoms with Gasteiger partial charge in [0.15, 0.2) is 5.13 Å². The van der Waals surface area contributed by atoms with E-state index in [4.69, 9.17) is 5.26 Å². The molecule has 0 aliphatic carbocycles. The number of rotatable bonds is 4. The van der Waals surface area contributed by atoms with Crippen molar-refractivity contribution in [2.24, 2.45) is 0 Å². The van der Waals surface area contributed by atoms with E-state index in [0.29, 0.717) is 10.0 Å². The summed E-state index contributed by atoms with van der Waals surface area (Å²) in [4.78, 5) is 4.58. The van der Waals surface area contributed by atoms with Gasteiger partial charge in [0.05, 0.1) is 5.69 Å². The van der Waals surface area contributed by atoms with Crippen LogP contribution in [0.2, 0.25) is 0 Å². The van der Waals surface area contributed by atoms with E-state index >= 15 is 0 Å². The summed E-state index contributed by atoms with van der Waals surface area (Å²) >= 11 is 2.19. The molecule has 2 aromatic heterocycles. The quantitative estimate of drug-likeness (QED) is 0.940. The average Bonchev–Trinajstić information content (AvgIpc) is 2.96. The number of thiophene rings is 1. The van der Waals surface area contributed by atoms with Crippen LogP contribution in [0, 0.1) is 11.3 Å². The van der Waals surface area contributed by atoms with Crippen LogP contribution in [0.25, 0.3) is 0 Å². The maximum absolute atomic E-state index is 12.1. The molecular weight excluding hydrogens is 302 g/mol. The lowest BCUT2D eigenvalue weighted by Crippen LogP contribution is -2.11. The summed E-state index contributed by atoms with van der Waals surface area (Å²) in [6, 6.07) is 4.82. The lowest BCUT2D eigenvalue weighted by atomic mass is 10.2. The predicted molar refractivity (Wildman–Crippen MR) is 76.0 cm³/mol. The van der Waals surface area contributed by atoms with E-state index in [-0.39, 0.29) is 10.1 Å². The van der Waals surface area contributed by atoms with Crippen LogP contribution in [0.4, 0.5) is 5.13 Å². The highest BCUT2D eigenvalue weighted by Gasteiger charge is 2.19. The second-order valence-corrected chi connectivity index (χ2v) is 7.92. The van der Waals surface area contributed by atoms with Gasteiger partial charge in [-0.05, 0) is 18.1 Å². The molecule has 2 heterocycles. The van der Waals surface area contributed by atoms with Crippen molar-refractivity contribution in [3.8, 4) is 6.07 Å². The topological polar surface area (TPSA) is 82.9 Å². The largest absolute Gasteiger partial charge is 0.273 e. The molecule has 0 aromatic carbocycles. The van der Waals surface area contributed by atoms with Crippen LogP contribution in [0.15, 0.2) is 21.7 Å². The highest BCUT2D eigenvalue weighted by Crippen LogP contribution is 2.26. The average molecular weight is 313 g/mol. The first-order valence-corrected chi connectivity index (χ1v) is 8.58. The Hall–Kier alpha value is -1.43. The molecule has 0 aliphatic rings. The number of nitrogens with zero attached hydrogens (tertiary/aromatic N) is 2. The molecule has 2 rings (SSSR count). The Morgan fingerprint density at radius 2 is 2.16 bits per heavy atom. The summed E-state index contributed by atoms with van der Waals surface area (Å²) in [7, 11) is -3.65. The molecule has 0 spiro atoms. The van der Waals surface area contributed by atoms with E-state index < -0.39 is 10.0 Å². The van der Waals surface area contributed by atoms with Gasteiger partial charge in [-0.1, -0.05) is 13.8 Å². The molecule has 0 saturated carbocycles. The van der Waals surface area contributed by atoms with Crippen molar-refractivity contribution in [2.75, 3.05) is 4.72 Å². The summed E-state index contributed by atoms with van der Waals surface area (Å²) in [5.41, 5.74) is 0.853. The zero-order chi connectivity index (χ0) is 14.0. The van der Waals surface area contributed by atoms with Crippen LogP contribution < -0.4 is 4.72 Å². The van der Waals surface area contributed by atoms with Gasteiger partial charge >= 0.3 is 0 Å². The monoisotopic (exact) mass is 313 g/mol. The van der Waals surface area contributed by atoms with E-state index in [2.05, 4.69) is 9.71 Å². The molecule has 0 radical (unpaired) electrons. The minimum atomic E-state index is -3.65. The fraction of sp³-hybridized carbons (Fsp3) is 0.273. The lowest BCUT2D eigenvalue weighted by molar-refractivity contribution is 0.603. The Morgan fingerprint density at radius 3 is 2.68 bits per heavy atom. The lowest BCUT2D eigenvalue weighted by Gasteiger charge is -2.02. The second-order valence-electron chi connectivity index (χ2n) is 4.07. The predicted octanol–water partition coefficient (Wildman–Crippen LogP) is 3.00. The third-order valence-electron chi connectivity index (χ3n) is 2.29. The molecule has 2 aromatic rings. The van der Waals surface area contributed by atoms with Crippen LogP contribution in [0.1, 0.15) is 30.3 Å². The highest BCUT2D eigenvalue weighted by atomic mass is 32.2. The van der Waals surface area contributed by atoms with Gasteiger partial charge in [0.2, 0.25) is 0 Å². The Morgan fingerprint density at radius 1 is 1.42 bits per heavy atom. The standard InChI is InChI=1S/C11H11N3O2S3/c1-7(2)9-6-17-11(13-9)14-19(15,16)10-4-3-8(5-12)18-10/h3-4,6-7H,1-2H3,(H,13,14). The smallest absolute Gasteiger partial charge is 0.254 e. The van der Waals surface area contributed by atoms with Gasteiger partial charge < -0.3 is 0 Å². The van der Waals surface area contributed by atoms with E-state index in [9.17, 15) is 8.42 Å². The third kappa shape index (κ3) is 3.12. The summed E-state index contributed by atoms with van der Waals surface area (Å²) in [6.07, 6.45) is 0. The van der Waals surface area contributed by atoms with Gasteiger partial charge in [0.1, 0.15) is 15.2 Å².